The van der Waals surface area contributed by atoms with Gasteiger partial charge in [0.05, 0.1) is 0 Å². The summed E-state index contributed by atoms with van der Waals surface area (Å²) in [5.41, 5.74) is 9.46. The summed E-state index contributed by atoms with van der Waals surface area (Å²) < 4.78 is 5.34. The van der Waals surface area contributed by atoms with Crippen LogP contribution in [0.25, 0.3) is 11.5 Å². The van der Waals surface area contributed by atoms with Gasteiger partial charge in [-0.15, -0.1) is 0 Å². The Morgan fingerprint density at radius 3 is 2.62 bits per heavy atom. The number of nitrogens with two attached hydrogens (primary N) is 1. The molecule has 0 unspecified atom stereocenters. The fourth-order valence-corrected chi connectivity index (χ4v) is 2.27. The molecule has 3 rings (SSSR count). The highest BCUT2D eigenvalue weighted by Gasteiger charge is 2.11. The molecule has 0 bridgehead atoms. The van der Waals surface area contributed by atoms with Gasteiger partial charge in [-0.3, -0.25) is 0 Å². The maximum Gasteiger partial charge on any atom is 0.258 e. The number of nitrogens with zero attached hydrogens (tertiary/aromatic N) is 2. The first kappa shape index (κ1) is 13.6. The molecule has 1 heterocycles. The largest absolute Gasteiger partial charge is 0.399 e. The molecule has 0 aliphatic heterocycles. The van der Waals surface area contributed by atoms with E-state index in [-0.39, 0.29) is 0 Å². The average molecular weight is 300 g/mol. The summed E-state index contributed by atoms with van der Waals surface area (Å²) in [4.78, 5) is 4.44. The minimum atomic E-state index is 0.511. The van der Waals surface area contributed by atoms with Crippen molar-refractivity contribution >= 4 is 17.3 Å². The first-order valence-corrected chi connectivity index (χ1v) is 6.93. The lowest BCUT2D eigenvalue weighted by Crippen LogP contribution is -1.91. The van der Waals surface area contributed by atoms with Gasteiger partial charge < -0.3 is 10.3 Å². The molecule has 0 spiro atoms. The number of nitrogen functional groups attached to an aromatic ring is 1. The molecule has 0 atom stereocenters. The number of aryl methyl sites for hydroxylation is 1. The molecule has 3 aromatic rings. The number of aromatic nitrogens is 2. The van der Waals surface area contributed by atoms with Crippen LogP contribution >= 0.6 is 11.6 Å². The number of anilines is 1. The lowest BCUT2D eigenvalue weighted by atomic mass is 10.1. The second kappa shape index (κ2) is 5.58. The second-order valence-electron chi connectivity index (χ2n) is 4.89. The zero-order chi connectivity index (χ0) is 14.8. The highest BCUT2D eigenvalue weighted by molar-refractivity contribution is 6.30. The van der Waals surface area contributed by atoms with Crippen molar-refractivity contribution in [2.24, 2.45) is 0 Å². The molecule has 4 nitrogen and oxygen atoms in total. The predicted molar refractivity (Wildman–Crippen MR) is 83.1 cm³/mol. The maximum atomic E-state index is 5.87. The Hall–Kier alpha value is -2.33. The molecule has 0 aliphatic carbocycles. The van der Waals surface area contributed by atoms with Crippen molar-refractivity contribution in [3.63, 3.8) is 0 Å². The number of rotatable bonds is 3. The van der Waals surface area contributed by atoms with Crippen molar-refractivity contribution < 1.29 is 4.52 Å². The molecule has 5 heteroatoms. The van der Waals surface area contributed by atoms with E-state index >= 15 is 0 Å². The first-order chi connectivity index (χ1) is 10.1. The van der Waals surface area contributed by atoms with Crippen LogP contribution in [-0.4, -0.2) is 10.1 Å². The van der Waals surface area contributed by atoms with E-state index in [0.29, 0.717) is 23.2 Å². The zero-order valence-electron chi connectivity index (χ0n) is 11.5. The molecule has 2 aromatic carbocycles. The molecular formula is C16H14ClN3O. The lowest BCUT2D eigenvalue weighted by molar-refractivity contribution is 0.423. The van der Waals surface area contributed by atoms with Crippen LogP contribution in [0.15, 0.2) is 47.0 Å². The average Bonchev–Trinajstić information content (AvgIpc) is 2.90. The maximum absolute atomic E-state index is 5.87. The fraction of sp³-hybridized carbons (Fsp3) is 0.125. The Morgan fingerprint density at radius 2 is 1.90 bits per heavy atom. The van der Waals surface area contributed by atoms with Gasteiger partial charge in [0, 0.05) is 22.7 Å². The van der Waals surface area contributed by atoms with Crippen molar-refractivity contribution in [1.29, 1.82) is 0 Å². The van der Waals surface area contributed by atoms with E-state index < -0.39 is 0 Å². The van der Waals surface area contributed by atoms with Crippen LogP contribution in [0.3, 0.4) is 0 Å². The van der Waals surface area contributed by atoms with Gasteiger partial charge in [0.1, 0.15) is 0 Å². The van der Waals surface area contributed by atoms with Crippen molar-refractivity contribution in [3.8, 4) is 11.5 Å². The van der Waals surface area contributed by atoms with Crippen molar-refractivity contribution in [2.45, 2.75) is 13.3 Å². The number of benzene rings is 2. The quantitative estimate of drug-likeness (QED) is 0.746. The van der Waals surface area contributed by atoms with E-state index in [4.69, 9.17) is 21.9 Å². The Morgan fingerprint density at radius 1 is 1.14 bits per heavy atom. The SMILES string of the molecule is Cc1cc(N)ccc1-c1nc(Cc2ccc(Cl)cc2)no1. The van der Waals surface area contributed by atoms with Crippen LogP contribution in [0.5, 0.6) is 0 Å². The summed E-state index contributed by atoms with van der Waals surface area (Å²) in [6.45, 7) is 1.97. The van der Waals surface area contributed by atoms with Crippen molar-refractivity contribution in [3.05, 3.63) is 64.4 Å². The molecule has 1 aromatic heterocycles. The lowest BCUT2D eigenvalue weighted by Gasteiger charge is -2.01. The zero-order valence-corrected chi connectivity index (χ0v) is 12.3. The van der Waals surface area contributed by atoms with E-state index in [1.54, 1.807) is 0 Å². The van der Waals surface area contributed by atoms with E-state index in [9.17, 15) is 0 Å². The van der Waals surface area contributed by atoms with Crippen LogP contribution in [-0.2, 0) is 6.42 Å². The highest BCUT2D eigenvalue weighted by atomic mass is 35.5. The van der Waals surface area contributed by atoms with Gasteiger partial charge in [-0.1, -0.05) is 28.9 Å². The Balaban J connectivity index is 1.84. The smallest absolute Gasteiger partial charge is 0.258 e. The second-order valence-corrected chi connectivity index (χ2v) is 5.33. The van der Waals surface area contributed by atoms with Gasteiger partial charge in [-0.25, -0.2) is 0 Å². The standard InChI is InChI=1S/C16H14ClN3O/c1-10-8-13(18)6-7-14(10)16-19-15(20-21-16)9-11-2-4-12(17)5-3-11/h2-8H,9,18H2,1H3. The molecule has 0 fully saturated rings. The number of halogens is 1. The monoisotopic (exact) mass is 299 g/mol. The summed E-state index contributed by atoms with van der Waals surface area (Å²) in [5.74, 6) is 1.15. The molecule has 106 valence electrons. The third kappa shape index (κ3) is 3.06. The summed E-state index contributed by atoms with van der Waals surface area (Å²) in [6, 6.07) is 13.2. The summed E-state index contributed by atoms with van der Waals surface area (Å²) in [6.07, 6.45) is 0.606. The third-order valence-electron chi connectivity index (χ3n) is 3.22. The fourth-order valence-electron chi connectivity index (χ4n) is 2.15. The summed E-state index contributed by atoms with van der Waals surface area (Å²) >= 11 is 5.87. The number of hydrogen-bond acceptors (Lipinski definition) is 4. The van der Waals surface area contributed by atoms with Crippen LogP contribution in [0.1, 0.15) is 17.0 Å². The molecule has 0 aliphatic rings. The van der Waals surface area contributed by atoms with Crippen molar-refractivity contribution in [1.82, 2.24) is 10.1 Å². The number of hydrogen-bond donors (Lipinski definition) is 1. The van der Waals surface area contributed by atoms with Gasteiger partial charge in [0.25, 0.3) is 5.89 Å². The van der Waals surface area contributed by atoms with Gasteiger partial charge >= 0.3 is 0 Å². The molecule has 21 heavy (non-hydrogen) atoms. The molecule has 0 radical (unpaired) electrons. The van der Waals surface area contributed by atoms with Crippen molar-refractivity contribution in [2.75, 3.05) is 5.73 Å². The molecule has 2 N–H and O–H groups in total. The molecule has 0 saturated heterocycles. The minimum absolute atomic E-state index is 0.511. The highest BCUT2D eigenvalue weighted by Crippen LogP contribution is 2.24. The van der Waals surface area contributed by atoms with Crippen LogP contribution < -0.4 is 5.73 Å². The minimum Gasteiger partial charge on any atom is -0.399 e. The normalized spacial score (nSPS) is 10.8. The molecule has 0 saturated carbocycles. The van der Waals surface area contributed by atoms with Gasteiger partial charge in [0.2, 0.25) is 0 Å². The molecular weight excluding hydrogens is 286 g/mol. The first-order valence-electron chi connectivity index (χ1n) is 6.55. The topological polar surface area (TPSA) is 64.9 Å². The van der Waals surface area contributed by atoms with Crippen LogP contribution in [0, 0.1) is 6.92 Å². The molecule has 0 amide bonds. The summed E-state index contributed by atoms with van der Waals surface area (Å²) in [5, 5.41) is 4.74. The predicted octanol–water partition coefficient (Wildman–Crippen LogP) is 3.87. The van der Waals surface area contributed by atoms with Crippen LogP contribution in [0.4, 0.5) is 5.69 Å². The van der Waals surface area contributed by atoms with Gasteiger partial charge in [0.15, 0.2) is 5.82 Å². The Kier molecular flexibility index (Phi) is 3.62. The van der Waals surface area contributed by atoms with Crippen LogP contribution in [0.2, 0.25) is 5.02 Å². The van der Waals surface area contributed by atoms with E-state index in [1.165, 1.54) is 0 Å². The van der Waals surface area contributed by atoms with E-state index in [0.717, 1.165) is 22.4 Å². The summed E-state index contributed by atoms with van der Waals surface area (Å²) in [7, 11) is 0. The van der Waals surface area contributed by atoms with Gasteiger partial charge in [-0.05, 0) is 48.4 Å². The third-order valence-corrected chi connectivity index (χ3v) is 3.48. The van der Waals surface area contributed by atoms with Gasteiger partial charge in [-0.2, -0.15) is 4.98 Å². The Labute approximate surface area is 127 Å². The van der Waals surface area contributed by atoms with E-state index in [2.05, 4.69) is 10.1 Å². The Bertz CT molecular complexity index is 765. The van der Waals surface area contributed by atoms with E-state index in [1.807, 2.05) is 49.4 Å².